The molecule has 0 saturated heterocycles. The van der Waals surface area contributed by atoms with Crippen molar-refractivity contribution < 1.29 is 18.1 Å². The van der Waals surface area contributed by atoms with E-state index in [2.05, 4.69) is 14.9 Å². The number of ether oxygens (including phenoxy) is 1. The highest BCUT2D eigenvalue weighted by molar-refractivity contribution is 7.89. The van der Waals surface area contributed by atoms with Crippen molar-refractivity contribution >= 4 is 15.7 Å². The molecule has 1 aromatic carbocycles. The van der Waals surface area contributed by atoms with Crippen molar-refractivity contribution in [2.45, 2.75) is 11.4 Å². The molecule has 0 saturated carbocycles. The van der Waals surface area contributed by atoms with Crippen molar-refractivity contribution in [3.8, 4) is 5.75 Å². The molecule has 0 radical (unpaired) electrons. The Morgan fingerprint density at radius 1 is 1.48 bits per heavy atom. The highest BCUT2D eigenvalue weighted by Crippen LogP contribution is 2.28. The number of hydrogen-bond acceptors (Lipinski definition) is 6. The van der Waals surface area contributed by atoms with Gasteiger partial charge in [-0.1, -0.05) is 0 Å². The summed E-state index contributed by atoms with van der Waals surface area (Å²) in [5.74, 6) is 0.204. The number of aromatic amines is 1. The Morgan fingerprint density at radius 3 is 2.81 bits per heavy atom. The first kappa shape index (κ1) is 14.9. The average Bonchev–Trinajstić information content (AvgIpc) is 2.98. The first-order valence-electron chi connectivity index (χ1n) is 5.74. The molecular weight excluding hydrogens is 300 g/mol. The minimum atomic E-state index is -4.03. The number of sulfonamides is 1. The fourth-order valence-corrected chi connectivity index (χ4v) is 2.79. The number of nitro benzene ring substituents is 1. The molecule has 1 aromatic heterocycles. The van der Waals surface area contributed by atoms with Crippen LogP contribution in [0, 0.1) is 10.1 Å². The van der Waals surface area contributed by atoms with Gasteiger partial charge in [0, 0.05) is 18.3 Å². The Labute approximate surface area is 120 Å². The number of nitro groups is 1. The quantitative estimate of drug-likeness (QED) is 0.600. The van der Waals surface area contributed by atoms with Crippen LogP contribution in [0.3, 0.4) is 0 Å². The van der Waals surface area contributed by atoms with E-state index in [0.717, 1.165) is 12.1 Å². The number of hydrogen-bond donors (Lipinski definition) is 2. The molecule has 0 fully saturated rings. The van der Waals surface area contributed by atoms with Crippen LogP contribution in [0.1, 0.15) is 5.56 Å². The smallest absolute Gasteiger partial charge is 0.293 e. The molecule has 0 aliphatic rings. The van der Waals surface area contributed by atoms with Crippen LogP contribution in [0.25, 0.3) is 0 Å². The molecule has 2 N–H and O–H groups in total. The Morgan fingerprint density at radius 2 is 2.24 bits per heavy atom. The first-order valence-corrected chi connectivity index (χ1v) is 7.22. The molecule has 1 heterocycles. The molecule has 0 spiro atoms. The number of nitrogens with zero attached hydrogens (tertiary/aromatic N) is 2. The number of nitrogens with one attached hydrogen (secondary N) is 2. The van der Waals surface area contributed by atoms with Gasteiger partial charge in [0.05, 0.1) is 24.3 Å². The third-order valence-electron chi connectivity index (χ3n) is 2.67. The first-order chi connectivity index (χ1) is 9.94. The third-order valence-corrected chi connectivity index (χ3v) is 4.12. The van der Waals surface area contributed by atoms with Gasteiger partial charge in [-0.2, -0.15) is 5.10 Å². The predicted molar refractivity (Wildman–Crippen MR) is 72.3 cm³/mol. The lowest BCUT2D eigenvalue weighted by Crippen LogP contribution is -2.23. The molecule has 0 unspecified atom stereocenters. The van der Waals surface area contributed by atoms with E-state index in [4.69, 9.17) is 4.74 Å². The topological polar surface area (TPSA) is 127 Å². The maximum atomic E-state index is 12.2. The van der Waals surface area contributed by atoms with Gasteiger partial charge in [-0.15, -0.1) is 0 Å². The maximum Gasteiger partial charge on any atom is 0.293 e. The minimum absolute atomic E-state index is 0.0258. The van der Waals surface area contributed by atoms with Gasteiger partial charge in [-0.05, 0) is 12.1 Å². The molecule has 0 atom stereocenters. The van der Waals surface area contributed by atoms with Crippen LogP contribution in [-0.2, 0) is 16.6 Å². The predicted octanol–water partition coefficient (Wildman–Crippen LogP) is 0.805. The number of benzene rings is 1. The standard InChI is InChI=1S/C11H12N4O5S/c1-20-9-2-3-11(10(4-9)15(16)17)21(18,19)14-7-8-5-12-13-6-8/h2-6,14H,7H2,1H3,(H,12,13). The summed E-state index contributed by atoms with van der Waals surface area (Å²) in [5, 5.41) is 17.2. The minimum Gasteiger partial charge on any atom is -0.497 e. The van der Waals surface area contributed by atoms with Crippen LogP contribution in [0.4, 0.5) is 5.69 Å². The van der Waals surface area contributed by atoms with Crippen LogP contribution in [0.5, 0.6) is 5.75 Å². The molecule has 21 heavy (non-hydrogen) atoms. The van der Waals surface area contributed by atoms with E-state index in [1.165, 1.54) is 25.6 Å². The van der Waals surface area contributed by atoms with Crippen LogP contribution < -0.4 is 9.46 Å². The van der Waals surface area contributed by atoms with E-state index in [0.29, 0.717) is 5.56 Å². The SMILES string of the molecule is COc1ccc(S(=O)(=O)NCc2cn[nH]c2)c([N+](=O)[O-])c1. The van der Waals surface area contributed by atoms with Crippen molar-refractivity contribution in [3.63, 3.8) is 0 Å². The van der Waals surface area contributed by atoms with Crippen LogP contribution in [-0.4, -0.2) is 30.6 Å². The van der Waals surface area contributed by atoms with E-state index in [9.17, 15) is 18.5 Å². The van der Waals surface area contributed by atoms with Gasteiger partial charge in [0.1, 0.15) is 5.75 Å². The van der Waals surface area contributed by atoms with Gasteiger partial charge in [0.25, 0.3) is 5.69 Å². The van der Waals surface area contributed by atoms with Crippen molar-refractivity contribution in [2.24, 2.45) is 0 Å². The van der Waals surface area contributed by atoms with Gasteiger partial charge in [-0.25, -0.2) is 13.1 Å². The summed E-state index contributed by atoms with van der Waals surface area (Å²) >= 11 is 0. The lowest BCUT2D eigenvalue weighted by atomic mass is 10.3. The van der Waals surface area contributed by atoms with Crippen molar-refractivity contribution in [3.05, 3.63) is 46.3 Å². The monoisotopic (exact) mass is 312 g/mol. The number of methoxy groups -OCH3 is 1. The largest absolute Gasteiger partial charge is 0.497 e. The Hall–Kier alpha value is -2.46. The van der Waals surface area contributed by atoms with Gasteiger partial charge in [0.2, 0.25) is 10.0 Å². The van der Waals surface area contributed by atoms with E-state index < -0.39 is 25.5 Å². The van der Waals surface area contributed by atoms with Crippen LogP contribution in [0.15, 0.2) is 35.5 Å². The summed E-state index contributed by atoms with van der Waals surface area (Å²) in [7, 11) is -2.69. The molecule has 10 heteroatoms. The summed E-state index contributed by atoms with van der Waals surface area (Å²) in [6.07, 6.45) is 2.97. The molecule has 0 aliphatic carbocycles. The second-order valence-corrected chi connectivity index (χ2v) is 5.76. The zero-order valence-corrected chi connectivity index (χ0v) is 11.8. The van der Waals surface area contributed by atoms with Crippen molar-refractivity contribution in [1.82, 2.24) is 14.9 Å². The molecule has 9 nitrogen and oxygen atoms in total. The lowest BCUT2D eigenvalue weighted by Gasteiger charge is -2.07. The number of rotatable bonds is 6. The molecule has 0 bridgehead atoms. The van der Waals surface area contributed by atoms with E-state index in [-0.39, 0.29) is 12.3 Å². The second kappa shape index (κ2) is 5.89. The highest BCUT2D eigenvalue weighted by atomic mass is 32.2. The molecule has 112 valence electrons. The normalized spacial score (nSPS) is 11.3. The zero-order valence-electron chi connectivity index (χ0n) is 10.9. The summed E-state index contributed by atoms with van der Waals surface area (Å²) in [6.45, 7) is -0.0258. The maximum absolute atomic E-state index is 12.2. The average molecular weight is 312 g/mol. The summed E-state index contributed by atoms with van der Waals surface area (Å²) < 4.78 is 31.5. The van der Waals surface area contributed by atoms with E-state index in [1.54, 1.807) is 0 Å². The highest BCUT2D eigenvalue weighted by Gasteiger charge is 2.26. The summed E-state index contributed by atoms with van der Waals surface area (Å²) in [6, 6.07) is 3.54. The van der Waals surface area contributed by atoms with Crippen LogP contribution >= 0.6 is 0 Å². The van der Waals surface area contributed by atoms with Gasteiger partial charge in [0.15, 0.2) is 4.90 Å². The molecule has 0 aliphatic heterocycles. The second-order valence-electron chi connectivity index (χ2n) is 4.02. The third kappa shape index (κ3) is 3.35. The molecule has 2 aromatic rings. The fraction of sp³-hybridized carbons (Fsp3) is 0.182. The van der Waals surface area contributed by atoms with Gasteiger partial charge in [-0.3, -0.25) is 15.2 Å². The fourth-order valence-electron chi connectivity index (χ4n) is 1.62. The zero-order chi connectivity index (χ0) is 15.5. The number of aromatic nitrogens is 2. The molecule has 0 amide bonds. The Balaban J connectivity index is 2.32. The Kier molecular flexibility index (Phi) is 4.19. The van der Waals surface area contributed by atoms with Gasteiger partial charge < -0.3 is 4.74 Å². The van der Waals surface area contributed by atoms with Gasteiger partial charge >= 0.3 is 0 Å². The van der Waals surface area contributed by atoms with Crippen molar-refractivity contribution in [1.29, 1.82) is 0 Å². The summed E-state index contributed by atoms with van der Waals surface area (Å²) in [4.78, 5) is 9.82. The molecule has 2 rings (SSSR count). The number of H-pyrrole nitrogens is 1. The van der Waals surface area contributed by atoms with E-state index in [1.807, 2.05) is 0 Å². The Bertz CT molecular complexity index is 742. The molecular formula is C11H12N4O5S. The summed E-state index contributed by atoms with van der Waals surface area (Å²) in [5.41, 5.74) is 0.0591. The van der Waals surface area contributed by atoms with Crippen LogP contribution in [0.2, 0.25) is 0 Å². The van der Waals surface area contributed by atoms with E-state index >= 15 is 0 Å². The van der Waals surface area contributed by atoms with Crippen molar-refractivity contribution in [2.75, 3.05) is 7.11 Å². The lowest BCUT2D eigenvalue weighted by molar-refractivity contribution is -0.387.